The van der Waals surface area contributed by atoms with Crippen LogP contribution in [0.15, 0.2) is 85.1 Å². The van der Waals surface area contributed by atoms with E-state index in [1.807, 2.05) is 21.1 Å². The van der Waals surface area contributed by atoms with Crippen LogP contribution in [0.1, 0.15) is 219 Å². The maximum Gasteiger partial charge on any atom is 0.306 e. The lowest BCUT2D eigenvalue weighted by molar-refractivity contribution is -0.870. The Bertz CT molecular complexity index is 1340. The van der Waals surface area contributed by atoms with Gasteiger partial charge in [-0.2, -0.15) is 0 Å². The van der Waals surface area contributed by atoms with Crippen LogP contribution in [-0.2, 0) is 27.9 Å². The van der Waals surface area contributed by atoms with Gasteiger partial charge in [-0.25, -0.2) is 0 Å². The first kappa shape index (κ1) is 64.7. The van der Waals surface area contributed by atoms with Crippen molar-refractivity contribution in [2.45, 2.75) is 225 Å². The van der Waals surface area contributed by atoms with Crippen molar-refractivity contribution in [3.63, 3.8) is 0 Å². The molecule has 2 unspecified atom stereocenters. The lowest BCUT2D eigenvalue weighted by atomic mass is 10.1. The van der Waals surface area contributed by atoms with E-state index in [4.69, 9.17) is 18.5 Å². The first-order chi connectivity index (χ1) is 32.6. The fourth-order valence-electron chi connectivity index (χ4n) is 7.25. The van der Waals surface area contributed by atoms with Crippen LogP contribution in [0.25, 0.3) is 0 Å². The molecule has 8 nitrogen and oxygen atoms in total. The van der Waals surface area contributed by atoms with Gasteiger partial charge in [-0.1, -0.05) is 208 Å². The molecule has 0 fully saturated rings. The van der Waals surface area contributed by atoms with E-state index in [1.165, 1.54) is 128 Å². The van der Waals surface area contributed by atoms with Gasteiger partial charge in [0.05, 0.1) is 34.4 Å². The van der Waals surface area contributed by atoms with Gasteiger partial charge in [0.1, 0.15) is 19.3 Å². The predicted molar refractivity (Wildman–Crippen MR) is 286 cm³/mol. The van der Waals surface area contributed by atoms with Crippen LogP contribution in [0, 0.1) is 0 Å². The molecule has 0 aliphatic rings. The van der Waals surface area contributed by atoms with E-state index in [0.717, 1.165) is 70.6 Å². The molecule has 0 saturated carbocycles. The fraction of sp³-hybridized carbons (Fsp3) is 0.741. The van der Waals surface area contributed by atoms with Crippen LogP contribution in [0.2, 0.25) is 0 Å². The Kier molecular flexibility index (Phi) is 48.3. The third-order valence-corrected chi connectivity index (χ3v) is 12.4. The van der Waals surface area contributed by atoms with Crippen molar-refractivity contribution >= 4 is 13.8 Å². The van der Waals surface area contributed by atoms with Crippen molar-refractivity contribution in [3.8, 4) is 0 Å². The molecule has 0 amide bonds. The summed E-state index contributed by atoms with van der Waals surface area (Å²) in [5, 5.41) is 0. The number of phosphoric acid groups is 1. The standard InChI is InChI=1S/C58H104NO7P/c1-6-8-10-12-14-16-18-20-22-24-26-27-28-29-30-31-32-34-36-38-40-42-44-46-48-50-53-63-55-57(56-65-67(61,62)64-54-52-59(3,4)5)66-58(60)51-49-47-45-43-41-39-37-35-33-25-23-21-19-17-15-13-11-9-7-2/h8,10,14-17,20-23,26-27,29-30,57H,6-7,9,11-13,18-19,24-25,28,31-56H2,1-5H3/b10-8-,16-14-,17-15-,22-20-,23-21-,27-26-,30-29-. The summed E-state index contributed by atoms with van der Waals surface area (Å²) in [6, 6.07) is 0. The zero-order valence-corrected chi connectivity index (χ0v) is 45.0. The zero-order valence-electron chi connectivity index (χ0n) is 44.1. The first-order valence-corrected chi connectivity index (χ1v) is 28.8. The summed E-state index contributed by atoms with van der Waals surface area (Å²) in [6.45, 7) is 5.26. The summed E-state index contributed by atoms with van der Waals surface area (Å²) in [5.74, 6) is -0.341. The highest BCUT2D eigenvalue weighted by molar-refractivity contribution is 7.45. The number of esters is 1. The molecule has 0 N–H and O–H groups in total. The maximum atomic E-state index is 12.8. The number of carbonyl (C=O) groups is 1. The summed E-state index contributed by atoms with van der Waals surface area (Å²) < 4.78 is 34.8. The predicted octanol–water partition coefficient (Wildman–Crippen LogP) is 16.5. The minimum absolute atomic E-state index is 0.0207. The van der Waals surface area contributed by atoms with Gasteiger partial charge in [0.15, 0.2) is 0 Å². The molecular formula is C58H104NO7P. The fourth-order valence-corrected chi connectivity index (χ4v) is 7.98. The normalized spacial score (nSPS) is 14.2. The topological polar surface area (TPSA) is 94.1 Å². The SMILES string of the molecule is CC/C=C\C/C=C\C/C=C\C/C=C\C/C=C\CCCCCCCCCCCCOCC(COP(=O)([O-])OCC[N+](C)(C)C)OC(=O)CCCCCCCCCCC/C=C\C/C=C\CCCCC. The molecule has 67 heavy (non-hydrogen) atoms. The monoisotopic (exact) mass is 958 g/mol. The summed E-state index contributed by atoms with van der Waals surface area (Å²) in [4.78, 5) is 25.2. The second-order valence-corrected chi connectivity index (χ2v) is 20.6. The smallest absolute Gasteiger partial charge is 0.306 e. The molecule has 0 aromatic heterocycles. The number of unbranched alkanes of at least 4 members (excludes halogenated alkanes) is 22. The Labute approximate surface area is 414 Å². The first-order valence-electron chi connectivity index (χ1n) is 27.3. The lowest BCUT2D eigenvalue weighted by Gasteiger charge is -2.28. The number of phosphoric ester groups is 1. The molecule has 0 bridgehead atoms. The molecule has 0 saturated heterocycles. The molecule has 0 radical (unpaired) electrons. The molecule has 9 heteroatoms. The number of hydrogen-bond acceptors (Lipinski definition) is 7. The molecule has 0 aliphatic heterocycles. The number of nitrogens with zero attached hydrogens (tertiary/aromatic N) is 1. The van der Waals surface area contributed by atoms with Crippen LogP contribution in [0.4, 0.5) is 0 Å². The van der Waals surface area contributed by atoms with Crippen molar-refractivity contribution in [2.75, 3.05) is 54.1 Å². The van der Waals surface area contributed by atoms with Gasteiger partial charge < -0.3 is 27.9 Å². The van der Waals surface area contributed by atoms with Gasteiger partial charge in [-0.05, 0) is 89.9 Å². The summed E-state index contributed by atoms with van der Waals surface area (Å²) in [5.41, 5.74) is 0. The second kappa shape index (κ2) is 50.1. The Balaban J connectivity index is 4.12. The highest BCUT2D eigenvalue weighted by Gasteiger charge is 2.20. The highest BCUT2D eigenvalue weighted by Crippen LogP contribution is 2.38. The number of allylic oxidation sites excluding steroid dienone is 14. The van der Waals surface area contributed by atoms with Gasteiger partial charge in [0.25, 0.3) is 7.82 Å². The number of ether oxygens (including phenoxy) is 2. The lowest BCUT2D eigenvalue weighted by Crippen LogP contribution is -2.37. The summed E-state index contributed by atoms with van der Waals surface area (Å²) in [6.07, 6.45) is 67.5. The molecule has 0 spiro atoms. The average molecular weight is 958 g/mol. The Hall–Kier alpha value is -2.32. The third-order valence-electron chi connectivity index (χ3n) is 11.4. The van der Waals surface area contributed by atoms with Crippen molar-refractivity contribution < 1.29 is 37.3 Å². The summed E-state index contributed by atoms with van der Waals surface area (Å²) >= 11 is 0. The molecule has 0 aliphatic carbocycles. The van der Waals surface area contributed by atoms with E-state index < -0.39 is 13.9 Å². The van der Waals surface area contributed by atoms with Gasteiger partial charge >= 0.3 is 5.97 Å². The van der Waals surface area contributed by atoms with Crippen molar-refractivity contribution in [1.29, 1.82) is 0 Å². The minimum Gasteiger partial charge on any atom is -0.756 e. The molecular weight excluding hydrogens is 854 g/mol. The molecule has 0 aromatic carbocycles. The minimum atomic E-state index is -4.54. The van der Waals surface area contributed by atoms with E-state index in [9.17, 15) is 14.3 Å². The van der Waals surface area contributed by atoms with Gasteiger partial charge in [0.2, 0.25) is 0 Å². The number of rotatable bonds is 50. The zero-order chi connectivity index (χ0) is 49.0. The summed E-state index contributed by atoms with van der Waals surface area (Å²) in [7, 11) is 1.34. The van der Waals surface area contributed by atoms with Crippen molar-refractivity contribution in [3.05, 3.63) is 85.1 Å². The van der Waals surface area contributed by atoms with Crippen molar-refractivity contribution in [2.24, 2.45) is 0 Å². The Morgan fingerprint density at radius 2 is 0.866 bits per heavy atom. The molecule has 2 atom stereocenters. The highest BCUT2D eigenvalue weighted by atomic mass is 31.2. The number of likely N-dealkylation sites (N-methyl/N-ethyl adjacent to an activating group) is 1. The second-order valence-electron chi connectivity index (χ2n) is 19.2. The van der Waals surface area contributed by atoms with E-state index in [1.54, 1.807) is 0 Å². The van der Waals surface area contributed by atoms with E-state index in [2.05, 4.69) is 98.9 Å². The van der Waals surface area contributed by atoms with Crippen LogP contribution in [0.3, 0.4) is 0 Å². The van der Waals surface area contributed by atoms with Crippen LogP contribution < -0.4 is 4.89 Å². The third kappa shape index (κ3) is 54.5. The van der Waals surface area contributed by atoms with Gasteiger partial charge in [-0.15, -0.1) is 0 Å². The van der Waals surface area contributed by atoms with Gasteiger partial charge in [-0.3, -0.25) is 9.36 Å². The van der Waals surface area contributed by atoms with Crippen LogP contribution in [-0.4, -0.2) is 70.7 Å². The molecule has 0 aromatic rings. The molecule has 0 heterocycles. The maximum absolute atomic E-state index is 12.8. The van der Waals surface area contributed by atoms with Crippen LogP contribution in [0.5, 0.6) is 0 Å². The number of carbonyl (C=O) groups excluding carboxylic acids is 1. The van der Waals surface area contributed by atoms with Crippen LogP contribution >= 0.6 is 7.82 Å². The Morgan fingerprint density at radius 3 is 1.30 bits per heavy atom. The average Bonchev–Trinajstić information content (AvgIpc) is 3.29. The molecule has 388 valence electrons. The number of quaternary nitrogens is 1. The largest absolute Gasteiger partial charge is 0.756 e. The van der Waals surface area contributed by atoms with Gasteiger partial charge in [0, 0.05) is 13.0 Å². The van der Waals surface area contributed by atoms with E-state index in [0.29, 0.717) is 24.1 Å². The molecule has 0 rings (SSSR count). The van der Waals surface area contributed by atoms with E-state index >= 15 is 0 Å². The van der Waals surface area contributed by atoms with Crippen molar-refractivity contribution in [1.82, 2.24) is 0 Å². The quantitative estimate of drug-likeness (QED) is 0.0197. The Morgan fingerprint density at radius 1 is 0.478 bits per heavy atom. The van der Waals surface area contributed by atoms with E-state index in [-0.39, 0.29) is 25.8 Å². The number of hydrogen-bond donors (Lipinski definition) is 0.